The lowest BCUT2D eigenvalue weighted by molar-refractivity contribution is -0.136. The van der Waals surface area contributed by atoms with Crippen LogP contribution >= 0.6 is 23.4 Å². The molecular weight excluding hydrogens is 455 g/mol. The molecule has 2 heterocycles. The van der Waals surface area contributed by atoms with Crippen molar-refractivity contribution in [1.82, 2.24) is 14.8 Å². The van der Waals surface area contributed by atoms with E-state index < -0.39 is 17.2 Å². The first-order chi connectivity index (χ1) is 15.4. The number of carbonyl (C=O) groups is 3. The Kier molecular flexibility index (Phi) is 6.38. The average molecular weight is 475 g/mol. The second kappa shape index (κ2) is 9.22. The highest BCUT2D eigenvalue weighted by Gasteiger charge is 2.35. The van der Waals surface area contributed by atoms with Crippen LogP contribution in [0.5, 0.6) is 0 Å². The molecule has 3 aromatic rings. The lowest BCUT2D eigenvalue weighted by Gasteiger charge is -2.23. The molecule has 32 heavy (non-hydrogen) atoms. The Bertz CT molecular complexity index is 1220. The van der Waals surface area contributed by atoms with Gasteiger partial charge in [-0.3, -0.25) is 14.2 Å². The van der Waals surface area contributed by atoms with Crippen molar-refractivity contribution in [1.29, 1.82) is 0 Å². The van der Waals surface area contributed by atoms with Gasteiger partial charge in [0.2, 0.25) is 5.91 Å². The number of nitrogens with zero attached hydrogens (tertiary/aromatic N) is 2. The predicted octanol–water partition coefficient (Wildman–Crippen LogP) is 3.12. The molecule has 7 nitrogen and oxygen atoms in total. The topological polar surface area (TPSA) is 97.4 Å². The van der Waals surface area contributed by atoms with Crippen molar-refractivity contribution in [2.24, 2.45) is 5.73 Å². The number of halogens is 2. The molecule has 1 atom stereocenters. The summed E-state index contributed by atoms with van der Waals surface area (Å²) in [5, 5.41) is 2.71. The minimum atomic E-state index is -0.714. The molecule has 1 aliphatic heterocycles. The Labute approximate surface area is 192 Å². The number of aromatic nitrogens is 1. The third-order valence-corrected chi connectivity index (χ3v) is 6.79. The van der Waals surface area contributed by atoms with Gasteiger partial charge in [0.1, 0.15) is 5.82 Å². The minimum Gasteiger partial charge on any atom is -0.351 e. The number of thioether (sulfide) groups is 1. The Balaban J connectivity index is 1.47. The zero-order chi connectivity index (χ0) is 22.8. The van der Waals surface area contributed by atoms with Crippen molar-refractivity contribution in [2.75, 3.05) is 12.3 Å². The molecule has 0 bridgehead atoms. The van der Waals surface area contributed by atoms with Gasteiger partial charge in [-0.1, -0.05) is 41.9 Å². The first-order valence-corrected chi connectivity index (χ1v) is 11.3. The molecule has 0 aliphatic carbocycles. The van der Waals surface area contributed by atoms with Crippen molar-refractivity contribution in [3.05, 3.63) is 70.6 Å². The number of benzene rings is 2. The van der Waals surface area contributed by atoms with Crippen molar-refractivity contribution in [3.8, 4) is 0 Å². The summed E-state index contributed by atoms with van der Waals surface area (Å²) in [4.78, 5) is 39.0. The van der Waals surface area contributed by atoms with Gasteiger partial charge in [-0.15, -0.1) is 11.8 Å². The van der Waals surface area contributed by atoms with Crippen LogP contribution in [0.4, 0.5) is 9.18 Å². The van der Waals surface area contributed by atoms with E-state index in [-0.39, 0.29) is 35.4 Å². The number of primary amides is 1. The van der Waals surface area contributed by atoms with Crippen LogP contribution in [-0.4, -0.2) is 45.0 Å². The molecular formula is C22H20ClFN4O3S. The van der Waals surface area contributed by atoms with Gasteiger partial charge in [-0.25, -0.2) is 9.18 Å². The Morgan fingerprint density at radius 3 is 2.72 bits per heavy atom. The summed E-state index contributed by atoms with van der Waals surface area (Å²) in [6.07, 6.45) is 1.58. The van der Waals surface area contributed by atoms with Crippen LogP contribution in [0, 0.1) is 5.82 Å². The van der Waals surface area contributed by atoms with Gasteiger partial charge in [-0.05, 0) is 17.7 Å². The van der Waals surface area contributed by atoms with Crippen molar-refractivity contribution < 1.29 is 18.8 Å². The van der Waals surface area contributed by atoms with Crippen LogP contribution in [0.1, 0.15) is 11.1 Å². The Morgan fingerprint density at radius 2 is 1.94 bits per heavy atom. The van der Waals surface area contributed by atoms with Crippen LogP contribution in [-0.2, 0) is 22.6 Å². The van der Waals surface area contributed by atoms with Crippen molar-refractivity contribution in [3.63, 3.8) is 0 Å². The summed E-state index contributed by atoms with van der Waals surface area (Å²) in [5.41, 5.74) is 6.99. The zero-order valence-electron chi connectivity index (χ0n) is 16.9. The van der Waals surface area contributed by atoms with Gasteiger partial charge in [0.25, 0.3) is 5.91 Å². The normalized spacial score (nSPS) is 15.8. The molecule has 1 fully saturated rings. The Hall–Kier alpha value is -3.04. The molecule has 1 aromatic heterocycles. The van der Waals surface area contributed by atoms with Crippen LogP contribution in [0.3, 0.4) is 0 Å². The second-order valence-corrected chi connectivity index (χ2v) is 8.89. The number of nitrogens with one attached hydrogen (secondary N) is 1. The lowest BCUT2D eigenvalue weighted by atomic mass is 10.1. The second-order valence-electron chi connectivity index (χ2n) is 7.30. The third-order valence-electron chi connectivity index (χ3n) is 5.29. The van der Waals surface area contributed by atoms with Gasteiger partial charge < -0.3 is 16.0 Å². The predicted molar refractivity (Wildman–Crippen MR) is 122 cm³/mol. The van der Waals surface area contributed by atoms with Crippen molar-refractivity contribution in [2.45, 2.75) is 18.3 Å². The summed E-state index contributed by atoms with van der Waals surface area (Å²) in [6.45, 7) is 0.387. The number of rotatable bonds is 5. The summed E-state index contributed by atoms with van der Waals surface area (Å²) < 4.78 is 15.4. The van der Waals surface area contributed by atoms with E-state index in [2.05, 4.69) is 5.32 Å². The number of para-hydroxylation sites is 1. The smallest absolute Gasteiger partial charge is 0.323 e. The molecule has 2 aromatic carbocycles. The summed E-state index contributed by atoms with van der Waals surface area (Å²) in [5.74, 6) is -0.582. The molecule has 1 saturated heterocycles. The van der Waals surface area contributed by atoms with E-state index in [9.17, 15) is 18.8 Å². The molecule has 10 heteroatoms. The number of amides is 3. The fraction of sp³-hybridized carbons (Fsp3) is 0.227. The molecule has 0 radical (unpaired) electrons. The molecule has 4 rings (SSSR count). The maximum Gasteiger partial charge on any atom is 0.323 e. The maximum atomic E-state index is 14.1. The van der Waals surface area contributed by atoms with Crippen LogP contribution < -0.4 is 11.1 Å². The first-order valence-electron chi connectivity index (χ1n) is 9.87. The van der Waals surface area contributed by atoms with E-state index in [0.717, 1.165) is 5.39 Å². The quantitative estimate of drug-likeness (QED) is 0.593. The van der Waals surface area contributed by atoms with Gasteiger partial charge in [-0.2, -0.15) is 0 Å². The van der Waals surface area contributed by atoms with Gasteiger partial charge in [0, 0.05) is 36.0 Å². The summed E-state index contributed by atoms with van der Waals surface area (Å²) >= 11 is 7.13. The van der Waals surface area contributed by atoms with E-state index in [1.165, 1.54) is 27.3 Å². The van der Waals surface area contributed by atoms with E-state index in [0.29, 0.717) is 23.4 Å². The molecule has 0 unspecified atom stereocenters. The zero-order valence-corrected chi connectivity index (χ0v) is 18.5. The van der Waals surface area contributed by atoms with Crippen LogP contribution in [0.25, 0.3) is 10.9 Å². The number of nitrogens with two attached hydrogens (primary N) is 1. The highest BCUT2D eigenvalue weighted by molar-refractivity contribution is 8.00. The highest BCUT2D eigenvalue weighted by Crippen LogP contribution is 2.27. The first kappa shape index (κ1) is 22.2. The molecule has 166 valence electrons. The Morgan fingerprint density at radius 1 is 1.16 bits per heavy atom. The largest absolute Gasteiger partial charge is 0.351 e. The van der Waals surface area contributed by atoms with E-state index >= 15 is 0 Å². The summed E-state index contributed by atoms with van der Waals surface area (Å²) in [6, 6.07) is 11.1. The van der Waals surface area contributed by atoms with Gasteiger partial charge in [0.05, 0.1) is 17.0 Å². The molecule has 3 amide bonds. The monoisotopic (exact) mass is 474 g/mol. The van der Waals surface area contributed by atoms with Gasteiger partial charge >= 0.3 is 6.03 Å². The van der Waals surface area contributed by atoms with Gasteiger partial charge in [0.15, 0.2) is 5.37 Å². The van der Waals surface area contributed by atoms with Crippen molar-refractivity contribution >= 4 is 52.1 Å². The van der Waals surface area contributed by atoms with Crippen LogP contribution in [0.15, 0.2) is 48.7 Å². The number of hydrogen-bond donors (Lipinski definition) is 2. The third kappa shape index (κ3) is 4.31. The minimum absolute atomic E-state index is 0.0149. The summed E-state index contributed by atoms with van der Waals surface area (Å²) in [7, 11) is 0. The number of hydrogen-bond acceptors (Lipinski definition) is 4. The van der Waals surface area contributed by atoms with Crippen LogP contribution in [0.2, 0.25) is 5.02 Å². The SMILES string of the molecule is NC(=O)n1cc(CC(=O)N2CCS[C@H]2C(=O)NCc2cccc(Cl)c2F)c2ccccc21. The highest BCUT2D eigenvalue weighted by atomic mass is 35.5. The fourth-order valence-electron chi connectivity index (χ4n) is 3.74. The molecule has 3 N–H and O–H groups in total. The average Bonchev–Trinajstić information content (AvgIpc) is 3.40. The van der Waals surface area contributed by atoms with E-state index in [4.69, 9.17) is 17.3 Å². The van der Waals surface area contributed by atoms with E-state index in [1.54, 1.807) is 30.5 Å². The number of carbonyl (C=O) groups excluding carboxylic acids is 3. The fourth-order valence-corrected chi connectivity index (χ4v) is 5.09. The molecule has 0 saturated carbocycles. The molecule has 1 aliphatic rings. The molecule has 0 spiro atoms. The van der Waals surface area contributed by atoms with E-state index in [1.807, 2.05) is 12.1 Å². The standard InChI is InChI=1S/C22H20ClFN4O3S/c23-16-6-3-4-13(19(16)24)11-26-20(30)21-27(8-9-32-21)18(29)10-14-12-28(22(25)31)17-7-2-1-5-15(14)17/h1-7,12,21H,8-11H2,(H2,25,31)(H,26,30)/t21-/m0/s1. The lowest BCUT2D eigenvalue weighted by Crippen LogP contribution is -2.45. The number of fused-ring (bicyclic) bond motifs is 1. The maximum absolute atomic E-state index is 14.1.